The summed E-state index contributed by atoms with van der Waals surface area (Å²) in [5.41, 5.74) is 1.70. The quantitative estimate of drug-likeness (QED) is 0.569. The maximum Gasteiger partial charge on any atom is 0.232 e. The van der Waals surface area contributed by atoms with Crippen molar-refractivity contribution in [2.45, 2.75) is 19.4 Å². The van der Waals surface area contributed by atoms with E-state index in [0.717, 1.165) is 10.3 Å². The SMILES string of the molecule is CS(=O)(=O)N1CCC(C(=O)N(Cc2ccccc2)c2nc3c(Cl)cccc3s2)CC1. The number of benzene rings is 2. The lowest BCUT2D eigenvalue weighted by Crippen LogP contribution is -2.44. The highest BCUT2D eigenvalue weighted by Crippen LogP contribution is 2.35. The van der Waals surface area contributed by atoms with Crippen LogP contribution in [0, 0.1) is 5.92 Å². The van der Waals surface area contributed by atoms with Crippen LogP contribution in [0.15, 0.2) is 48.5 Å². The Kier molecular flexibility index (Phi) is 6.11. The van der Waals surface area contributed by atoms with Crippen molar-refractivity contribution in [3.8, 4) is 0 Å². The third-order valence-electron chi connectivity index (χ3n) is 5.31. The van der Waals surface area contributed by atoms with E-state index < -0.39 is 10.0 Å². The average molecular weight is 464 g/mol. The number of sulfonamides is 1. The van der Waals surface area contributed by atoms with Gasteiger partial charge in [0.05, 0.1) is 22.5 Å². The van der Waals surface area contributed by atoms with Crippen LogP contribution in [0.3, 0.4) is 0 Å². The molecule has 2 aromatic carbocycles. The minimum absolute atomic E-state index is 0.0258. The predicted octanol–water partition coefficient (Wildman–Crippen LogP) is 4.15. The summed E-state index contributed by atoms with van der Waals surface area (Å²) in [7, 11) is -3.23. The van der Waals surface area contributed by atoms with E-state index in [-0.39, 0.29) is 11.8 Å². The Morgan fingerprint density at radius 1 is 1.17 bits per heavy atom. The second-order valence-corrected chi connectivity index (χ2v) is 10.8. The highest BCUT2D eigenvalue weighted by molar-refractivity contribution is 7.88. The fourth-order valence-corrected chi connectivity index (χ4v) is 5.82. The Bertz CT molecular complexity index is 1160. The van der Waals surface area contributed by atoms with Crippen molar-refractivity contribution in [3.05, 3.63) is 59.1 Å². The van der Waals surface area contributed by atoms with Crippen molar-refractivity contribution < 1.29 is 13.2 Å². The van der Waals surface area contributed by atoms with Crippen LogP contribution in [0.1, 0.15) is 18.4 Å². The number of rotatable bonds is 5. The third kappa shape index (κ3) is 4.51. The Hall–Kier alpha value is -2.00. The molecular weight excluding hydrogens is 442 g/mol. The third-order valence-corrected chi connectivity index (χ3v) is 7.96. The number of hydrogen-bond donors (Lipinski definition) is 0. The number of amides is 1. The van der Waals surface area contributed by atoms with E-state index in [1.165, 1.54) is 21.9 Å². The molecule has 1 amide bonds. The van der Waals surface area contributed by atoms with Crippen LogP contribution in [0.5, 0.6) is 0 Å². The van der Waals surface area contributed by atoms with E-state index >= 15 is 0 Å². The Morgan fingerprint density at radius 2 is 1.87 bits per heavy atom. The first-order valence-electron chi connectivity index (χ1n) is 9.68. The van der Waals surface area contributed by atoms with Gasteiger partial charge >= 0.3 is 0 Å². The molecule has 0 spiro atoms. The fraction of sp³-hybridized carbons (Fsp3) is 0.333. The Balaban J connectivity index is 1.63. The van der Waals surface area contributed by atoms with E-state index in [9.17, 15) is 13.2 Å². The van der Waals surface area contributed by atoms with E-state index in [1.54, 1.807) is 11.0 Å². The smallest absolute Gasteiger partial charge is 0.232 e. The van der Waals surface area contributed by atoms with Crippen molar-refractivity contribution in [1.29, 1.82) is 0 Å². The summed E-state index contributed by atoms with van der Waals surface area (Å²) in [5.74, 6) is -0.267. The number of halogens is 1. The van der Waals surface area contributed by atoms with Gasteiger partial charge in [-0.05, 0) is 30.5 Å². The van der Waals surface area contributed by atoms with E-state index in [4.69, 9.17) is 11.6 Å². The Labute approximate surface area is 185 Å². The molecule has 158 valence electrons. The maximum atomic E-state index is 13.5. The van der Waals surface area contributed by atoms with Gasteiger partial charge in [-0.15, -0.1) is 0 Å². The zero-order valence-corrected chi connectivity index (χ0v) is 18.9. The summed E-state index contributed by atoms with van der Waals surface area (Å²) >= 11 is 7.74. The number of thiazole rings is 1. The van der Waals surface area contributed by atoms with Gasteiger partial charge in [0.1, 0.15) is 5.52 Å². The number of hydrogen-bond acceptors (Lipinski definition) is 5. The molecule has 1 aromatic heterocycles. The van der Waals surface area contributed by atoms with Crippen LogP contribution in [-0.2, 0) is 21.4 Å². The molecule has 2 heterocycles. The highest BCUT2D eigenvalue weighted by Gasteiger charge is 2.33. The number of anilines is 1. The van der Waals surface area contributed by atoms with Gasteiger partial charge in [0, 0.05) is 19.0 Å². The summed E-state index contributed by atoms with van der Waals surface area (Å²) < 4.78 is 26.0. The summed E-state index contributed by atoms with van der Waals surface area (Å²) in [6, 6.07) is 15.4. The van der Waals surface area contributed by atoms with Crippen LogP contribution in [0.25, 0.3) is 10.2 Å². The molecule has 0 radical (unpaired) electrons. The summed E-state index contributed by atoms with van der Waals surface area (Å²) in [4.78, 5) is 19.9. The van der Waals surface area contributed by atoms with Gasteiger partial charge in [0.25, 0.3) is 0 Å². The molecule has 0 bridgehead atoms. The number of aromatic nitrogens is 1. The normalized spacial score (nSPS) is 16.1. The van der Waals surface area contributed by atoms with Crippen molar-refractivity contribution in [2.75, 3.05) is 24.2 Å². The molecule has 0 N–H and O–H groups in total. The molecule has 6 nitrogen and oxygen atoms in total. The van der Waals surface area contributed by atoms with Gasteiger partial charge in [-0.3, -0.25) is 9.69 Å². The zero-order valence-electron chi connectivity index (χ0n) is 16.5. The molecule has 4 rings (SSSR count). The standard InChI is InChI=1S/C21H22ClN3O3S2/c1-30(27,28)24-12-10-16(11-13-24)20(26)25(14-15-6-3-2-4-7-15)21-23-19-17(22)8-5-9-18(19)29-21/h2-9,16H,10-14H2,1H3. The van der Waals surface area contributed by atoms with Gasteiger partial charge in [0.15, 0.2) is 5.13 Å². The summed E-state index contributed by atoms with van der Waals surface area (Å²) in [5, 5.41) is 1.17. The van der Waals surface area contributed by atoms with Crippen LogP contribution in [-0.4, -0.2) is 43.0 Å². The molecule has 1 saturated heterocycles. The first kappa shape index (κ1) is 21.2. The largest absolute Gasteiger partial charge is 0.283 e. The second-order valence-electron chi connectivity index (χ2n) is 7.43. The molecule has 1 aliphatic rings. The fourth-order valence-electron chi connectivity index (χ4n) is 3.68. The van der Waals surface area contributed by atoms with E-state index in [0.29, 0.717) is 48.1 Å². The Morgan fingerprint density at radius 3 is 2.50 bits per heavy atom. The van der Waals surface area contributed by atoms with Crippen LogP contribution in [0.2, 0.25) is 5.02 Å². The number of carbonyl (C=O) groups is 1. The minimum Gasteiger partial charge on any atom is -0.283 e. The van der Waals surface area contributed by atoms with Gasteiger partial charge < -0.3 is 0 Å². The molecule has 0 atom stereocenters. The van der Waals surface area contributed by atoms with Crippen molar-refractivity contribution in [1.82, 2.24) is 9.29 Å². The lowest BCUT2D eigenvalue weighted by Gasteiger charge is -2.32. The van der Waals surface area contributed by atoms with E-state index in [2.05, 4.69) is 4.98 Å². The first-order valence-corrected chi connectivity index (χ1v) is 12.7. The number of nitrogens with zero attached hydrogens (tertiary/aromatic N) is 3. The lowest BCUT2D eigenvalue weighted by atomic mass is 9.96. The topological polar surface area (TPSA) is 70.6 Å². The molecule has 0 saturated carbocycles. The number of piperidine rings is 1. The molecule has 3 aromatic rings. The minimum atomic E-state index is -3.23. The maximum absolute atomic E-state index is 13.5. The molecular formula is C21H22ClN3O3S2. The molecule has 1 fully saturated rings. The van der Waals surface area contributed by atoms with Gasteiger partial charge in [-0.2, -0.15) is 0 Å². The molecule has 9 heteroatoms. The lowest BCUT2D eigenvalue weighted by molar-refractivity contribution is -0.123. The molecule has 0 unspecified atom stereocenters. The predicted molar refractivity (Wildman–Crippen MR) is 121 cm³/mol. The van der Waals surface area contributed by atoms with Crippen molar-refractivity contribution in [2.24, 2.45) is 5.92 Å². The zero-order chi connectivity index (χ0) is 21.3. The van der Waals surface area contributed by atoms with Gasteiger partial charge in [-0.1, -0.05) is 59.3 Å². The summed E-state index contributed by atoms with van der Waals surface area (Å²) in [6.07, 6.45) is 2.22. The monoisotopic (exact) mass is 463 g/mol. The van der Waals surface area contributed by atoms with E-state index in [1.807, 2.05) is 42.5 Å². The van der Waals surface area contributed by atoms with Crippen LogP contribution in [0.4, 0.5) is 5.13 Å². The highest BCUT2D eigenvalue weighted by atomic mass is 35.5. The van der Waals surface area contributed by atoms with Gasteiger partial charge in [-0.25, -0.2) is 17.7 Å². The molecule has 1 aliphatic heterocycles. The van der Waals surface area contributed by atoms with Crippen LogP contribution < -0.4 is 4.90 Å². The van der Waals surface area contributed by atoms with Crippen molar-refractivity contribution in [3.63, 3.8) is 0 Å². The van der Waals surface area contributed by atoms with Crippen LogP contribution >= 0.6 is 22.9 Å². The second kappa shape index (κ2) is 8.63. The summed E-state index contributed by atoms with van der Waals surface area (Å²) in [6.45, 7) is 1.13. The van der Waals surface area contributed by atoms with Crippen molar-refractivity contribution >= 4 is 54.2 Å². The number of carbonyl (C=O) groups excluding carboxylic acids is 1. The molecule has 30 heavy (non-hydrogen) atoms. The first-order chi connectivity index (χ1) is 14.3. The molecule has 0 aliphatic carbocycles. The van der Waals surface area contributed by atoms with Gasteiger partial charge in [0.2, 0.25) is 15.9 Å². The number of para-hydroxylation sites is 1. The average Bonchev–Trinajstić information content (AvgIpc) is 3.17. The number of fused-ring (bicyclic) bond motifs is 1.